The van der Waals surface area contributed by atoms with E-state index in [0.717, 1.165) is 53.8 Å². The van der Waals surface area contributed by atoms with E-state index in [2.05, 4.69) is 21.9 Å². The first-order chi connectivity index (χ1) is 15.0. The highest BCUT2D eigenvalue weighted by atomic mass is 32.1. The smallest absolute Gasteiger partial charge is 0.287 e. The van der Waals surface area contributed by atoms with Gasteiger partial charge in [0.2, 0.25) is 0 Å². The number of furan rings is 1. The molecule has 2 aromatic heterocycles. The van der Waals surface area contributed by atoms with Crippen LogP contribution in [-0.4, -0.2) is 24.1 Å². The average Bonchev–Trinajstić information content (AvgIpc) is 3.40. The van der Waals surface area contributed by atoms with Crippen molar-refractivity contribution in [2.24, 2.45) is 5.10 Å². The molecule has 0 bridgehead atoms. The van der Waals surface area contributed by atoms with Crippen molar-refractivity contribution in [1.29, 1.82) is 0 Å². The second kappa shape index (κ2) is 9.31. The summed E-state index contributed by atoms with van der Waals surface area (Å²) in [6.07, 6.45) is 3.13. The van der Waals surface area contributed by atoms with E-state index in [4.69, 9.17) is 4.42 Å². The summed E-state index contributed by atoms with van der Waals surface area (Å²) in [5.74, 6) is 0.629. The van der Waals surface area contributed by atoms with Gasteiger partial charge in [-0.1, -0.05) is 24.3 Å². The maximum absolute atomic E-state index is 12.7. The van der Waals surface area contributed by atoms with Gasteiger partial charge in [-0.3, -0.25) is 9.59 Å². The highest BCUT2D eigenvalue weighted by Gasteiger charge is 2.28. The van der Waals surface area contributed by atoms with E-state index < -0.39 is 0 Å². The molecule has 0 radical (unpaired) electrons. The molecule has 1 aliphatic carbocycles. The summed E-state index contributed by atoms with van der Waals surface area (Å²) < 4.78 is 5.92. The van der Waals surface area contributed by atoms with Crippen molar-refractivity contribution in [2.45, 2.75) is 39.5 Å². The van der Waals surface area contributed by atoms with Gasteiger partial charge in [0.1, 0.15) is 5.76 Å². The third kappa shape index (κ3) is 4.61. The summed E-state index contributed by atoms with van der Waals surface area (Å²) in [6, 6.07) is 11.5. The molecule has 7 heteroatoms. The summed E-state index contributed by atoms with van der Waals surface area (Å²) in [6.45, 7) is 4.32. The molecule has 1 aliphatic rings. The van der Waals surface area contributed by atoms with Crippen molar-refractivity contribution >= 4 is 28.9 Å². The van der Waals surface area contributed by atoms with Crippen LogP contribution in [0.1, 0.15) is 61.1 Å². The first-order valence-corrected chi connectivity index (χ1v) is 11.3. The summed E-state index contributed by atoms with van der Waals surface area (Å²) >= 11 is 1.68. The van der Waals surface area contributed by atoms with Gasteiger partial charge in [-0.25, -0.2) is 5.43 Å². The number of rotatable bonds is 6. The SMILES string of the molecule is Cc1ccccc1C(=O)N/N=C1\CCCc2oc(C(=O)NCCc3cccs3)c(C)c21. The minimum absolute atomic E-state index is 0.216. The minimum Gasteiger partial charge on any atom is -0.455 e. The van der Waals surface area contributed by atoms with Crippen LogP contribution in [0.15, 0.2) is 51.3 Å². The molecule has 160 valence electrons. The molecule has 31 heavy (non-hydrogen) atoms. The number of hydrazone groups is 1. The van der Waals surface area contributed by atoms with Crippen LogP contribution < -0.4 is 10.7 Å². The van der Waals surface area contributed by atoms with Crippen molar-refractivity contribution in [3.8, 4) is 0 Å². The van der Waals surface area contributed by atoms with E-state index in [-0.39, 0.29) is 11.8 Å². The number of carbonyl (C=O) groups is 2. The molecule has 3 aromatic rings. The zero-order valence-electron chi connectivity index (χ0n) is 17.7. The molecule has 0 aliphatic heterocycles. The van der Waals surface area contributed by atoms with Crippen molar-refractivity contribution < 1.29 is 14.0 Å². The quantitative estimate of drug-likeness (QED) is 0.563. The second-order valence-corrected chi connectivity index (χ2v) is 8.64. The highest BCUT2D eigenvalue weighted by Crippen LogP contribution is 2.30. The Labute approximate surface area is 185 Å². The number of nitrogens with zero attached hydrogens (tertiary/aromatic N) is 1. The number of fused-ring (bicyclic) bond motifs is 1. The van der Waals surface area contributed by atoms with Crippen LogP contribution in [0.4, 0.5) is 0 Å². The van der Waals surface area contributed by atoms with Crippen LogP contribution in [0.2, 0.25) is 0 Å². The predicted molar refractivity (Wildman–Crippen MR) is 122 cm³/mol. The molecular formula is C24H25N3O3S. The van der Waals surface area contributed by atoms with Crippen molar-refractivity contribution in [2.75, 3.05) is 6.54 Å². The van der Waals surface area contributed by atoms with Crippen molar-refractivity contribution in [3.05, 3.63) is 80.4 Å². The van der Waals surface area contributed by atoms with Crippen LogP contribution in [-0.2, 0) is 12.8 Å². The zero-order valence-corrected chi connectivity index (χ0v) is 18.5. The maximum atomic E-state index is 12.7. The van der Waals surface area contributed by atoms with E-state index in [9.17, 15) is 9.59 Å². The van der Waals surface area contributed by atoms with Gasteiger partial charge in [-0.2, -0.15) is 5.10 Å². The first kappa shape index (κ1) is 21.1. The van der Waals surface area contributed by atoms with E-state index in [1.54, 1.807) is 17.4 Å². The molecule has 2 amide bonds. The summed E-state index contributed by atoms with van der Waals surface area (Å²) in [5, 5.41) is 9.37. The number of aryl methyl sites for hydroxylation is 2. The number of hydrogen-bond donors (Lipinski definition) is 2. The van der Waals surface area contributed by atoms with Crippen molar-refractivity contribution in [1.82, 2.24) is 10.7 Å². The van der Waals surface area contributed by atoms with E-state index in [1.807, 2.05) is 43.5 Å². The fraction of sp³-hybridized carbons (Fsp3) is 0.292. The topological polar surface area (TPSA) is 83.7 Å². The number of nitrogens with one attached hydrogen (secondary N) is 2. The van der Waals surface area contributed by atoms with Crippen LogP contribution in [0.3, 0.4) is 0 Å². The zero-order chi connectivity index (χ0) is 21.8. The lowest BCUT2D eigenvalue weighted by Gasteiger charge is -2.13. The minimum atomic E-state index is -0.245. The number of carbonyl (C=O) groups excluding carboxylic acids is 2. The third-order valence-corrected chi connectivity index (χ3v) is 6.39. The van der Waals surface area contributed by atoms with Gasteiger partial charge in [0.05, 0.1) is 5.71 Å². The Morgan fingerprint density at radius 2 is 1.94 bits per heavy atom. The standard InChI is InChI=1S/C24H25N3O3S/c1-15-7-3-4-9-18(15)23(28)27-26-19-10-5-11-20-21(19)16(2)22(30-20)24(29)25-13-12-17-8-6-14-31-17/h3-4,6-9,14H,5,10-13H2,1-2H3,(H,25,29)(H,27,28)/b26-19+. The van der Waals surface area contributed by atoms with E-state index in [1.165, 1.54) is 4.88 Å². The Bertz CT molecular complexity index is 1130. The summed E-state index contributed by atoms with van der Waals surface area (Å²) in [5.41, 5.74) is 6.53. The Morgan fingerprint density at radius 1 is 1.10 bits per heavy atom. The molecule has 0 spiro atoms. The van der Waals surface area contributed by atoms with Gasteiger partial charge in [0.25, 0.3) is 11.8 Å². The Balaban J connectivity index is 1.48. The number of amides is 2. The third-order valence-electron chi connectivity index (χ3n) is 5.45. The summed E-state index contributed by atoms with van der Waals surface area (Å²) in [7, 11) is 0. The second-order valence-electron chi connectivity index (χ2n) is 7.61. The lowest BCUT2D eigenvalue weighted by Crippen LogP contribution is -2.26. The van der Waals surface area contributed by atoms with Gasteiger partial charge in [-0.05, 0) is 56.2 Å². The number of thiophene rings is 1. The van der Waals surface area contributed by atoms with Crippen LogP contribution in [0.5, 0.6) is 0 Å². The van der Waals surface area contributed by atoms with Crippen LogP contribution in [0, 0.1) is 13.8 Å². The average molecular weight is 436 g/mol. The predicted octanol–water partition coefficient (Wildman–Crippen LogP) is 4.40. The fourth-order valence-corrected chi connectivity index (χ4v) is 4.55. The molecule has 0 fully saturated rings. The van der Waals surface area contributed by atoms with Crippen molar-refractivity contribution in [3.63, 3.8) is 0 Å². The molecule has 0 atom stereocenters. The largest absolute Gasteiger partial charge is 0.455 e. The Hall–Kier alpha value is -3.19. The monoisotopic (exact) mass is 435 g/mol. The molecule has 0 saturated heterocycles. The Morgan fingerprint density at radius 3 is 2.71 bits per heavy atom. The molecular weight excluding hydrogens is 410 g/mol. The molecule has 2 N–H and O–H groups in total. The Kier molecular flexibility index (Phi) is 6.32. The number of hydrogen-bond acceptors (Lipinski definition) is 5. The molecule has 2 heterocycles. The van der Waals surface area contributed by atoms with Crippen LogP contribution >= 0.6 is 11.3 Å². The van der Waals surface area contributed by atoms with E-state index >= 15 is 0 Å². The van der Waals surface area contributed by atoms with Gasteiger partial charge in [-0.15, -0.1) is 11.3 Å². The number of benzene rings is 1. The molecule has 6 nitrogen and oxygen atoms in total. The first-order valence-electron chi connectivity index (χ1n) is 10.4. The molecule has 0 unspecified atom stereocenters. The fourth-order valence-electron chi connectivity index (χ4n) is 3.84. The van der Waals surface area contributed by atoms with Crippen LogP contribution in [0.25, 0.3) is 0 Å². The molecule has 0 saturated carbocycles. The normalized spacial score (nSPS) is 14.3. The van der Waals surface area contributed by atoms with Gasteiger partial charge < -0.3 is 9.73 Å². The van der Waals surface area contributed by atoms with Gasteiger partial charge in [0, 0.05) is 34.5 Å². The van der Waals surface area contributed by atoms with Gasteiger partial charge >= 0.3 is 0 Å². The summed E-state index contributed by atoms with van der Waals surface area (Å²) in [4.78, 5) is 26.5. The highest BCUT2D eigenvalue weighted by molar-refractivity contribution is 7.09. The van der Waals surface area contributed by atoms with E-state index in [0.29, 0.717) is 17.9 Å². The maximum Gasteiger partial charge on any atom is 0.287 e. The molecule has 4 rings (SSSR count). The lowest BCUT2D eigenvalue weighted by atomic mass is 9.93. The molecule has 1 aromatic carbocycles. The van der Waals surface area contributed by atoms with Gasteiger partial charge in [0.15, 0.2) is 5.76 Å². The lowest BCUT2D eigenvalue weighted by molar-refractivity contribution is 0.0922.